The number of rotatable bonds is 5. The molecule has 0 aromatic heterocycles. The van der Waals surface area contributed by atoms with Crippen molar-refractivity contribution in [2.24, 2.45) is 5.73 Å². The van der Waals surface area contributed by atoms with Crippen LogP contribution in [-0.2, 0) is 17.9 Å². The van der Waals surface area contributed by atoms with E-state index in [2.05, 4.69) is 16.7 Å². The number of methoxy groups -OCH3 is 1. The van der Waals surface area contributed by atoms with Crippen molar-refractivity contribution in [2.75, 3.05) is 17.7 Å². The molecule has 0 atom stereocenters. The number of ether oxygens (including phenoxy) is 1. The van der Waals surface area contributed by atoms with Gasteiger partial charge in [-0.15, -0.1) is 0 Å². The molecule has 170 valence electrons. The third-order valence-corrected chi connectivity index (χ3v) is 6.86. The quantitative estimate of drug-likeness (QED) is 0.645. The van der Waals surface area contributed by atoms with Gasteiger partial charge in [-0.25, -0.2) is 4.79 Å². The lowest BCUT2D eigenvalue weighted by Crippen LogP contribution is -2.61. The van der Waals surface area contributed by atoms with E-state index in [4.69, 9.17) is 10.5 Å². The van der Waals surface area contributed by atoms with Crippen molar-refractivity contribution < 1.29 is 14.3 Å². The number of nitrogens with zero attached hydrogens (tertiary/aromatic N) is 1. The number of aryl methyl sites for hydroxylation is 2. The molecular weight excluding hydrogens is 404 g/mol. The second-order valence-electron chi connectivity index (χ2n) is 8.89. The molecule has 32 heavy (non-hydrogen) atoms. The number of amides is 3. The first kappa shape index (κ1) is 22.1. The number of carbonyl (C=O) groups is 2. The number of nitrogens with one attached hydrogen (secondary N) is 2. The summed E-state index contributed by atoms with van der Waals surface area (Å²) >= 11 is 0. The Bertz CT molecular complexity index is 1040. The predicted octanol–water partition coefficient (Wildman–Crippen LogP) is 4.46. The van der Waals surface area contributed by atoms with Crippen LogP contribution in [0.25, 0.3) is 0 Å². The number of nitrogens with two attached hydrogens (primary N) is 1. The summed E-state index contributed by atoms with van der Waals surface area (Å²) in [6.07, 6.45) is 4.17. The summed E-state index contributed by atoms with van der Waals surface area (Å²) in [7, 11) is 1.62. The molecule has 2 aliphatic rings. The van der Waals surface area contributed by atoms with Crippen molar-refractivity contribution in [1.29, 1.82) is 0 Å². The van der Waals surface area contributed by atoms with E-state index in [0.29, 0.717) is 31.6 Å². The lowest BCUT2D eigenvalue weighted by molar-refractivity contribution is -0.128. The molecule has 0 spiro atoms. The first-order valence-electron chi connectivity index (χ1n) is 11.2. The van der Waals surface area contributed by atoms with Gasteiger partial charge in [0.2, 0.25) is 5.91 Å². The van der Waals surface area contributed by atoms with Gasteiger partial charge in [0.25, 0.3) is 0 Å². The minimum atomic E-state index is -0.892. The SMILES string of the molecule is COc1cc(NC(=O)C2(N3Cc4c(C)cc(CN)cc4NC3=O)CCCCC2)ccc1C. The maximum atomic E-state index is 13.7. The molecule has 1 heterocycles. The van der Waals surface area contributed by atoms with Crippen molar-refractivity contribution in [3.05, 3.63) is 52.6 Å². The molecule has 1 aliphatic heterocycles. The number of urea groups is 1. The second-order valence-corrected chi connectivity index (χ2v) is 8.89. The zero-order valence-electron chi connectivity index (χ0n) is 19.1. The standard InChI is InChI=1S/C25H32N4O3/c1-16-7-8-19(13-22(16)32-3)27-23(30)25(9-5-4-6-10-25)29-15-20-17(2)11-18(14-26)12-21(20)28-24(29)31/h7-8,11-13H,4-6,9-10,14-15,26H2,1-3H3,(H,27,30)(H,28,31). The molecule has 1 aliphatic carbocycles. The summed E-state index contributed by atoms with van der Waals surface area (Å²) in [4.78, 5) is 28.7. The molecule has 7 nitrogen and oxygen atoms in total. The highest BCUT2D eigenvalue weighted by molar-refractivity contribution is 6.03. The molecule has 2 aromatic carbocycles. The van der Waals surface area contributed by atoms with Gasteiger partial charge >= 0.3 is 6.03 Å². The second kappa shape index (κ2) is 8.82. The number of carbonyl (C=O) groups excluding carboxylic acids is 2. The smallest absolute Gasteiger partial charge is 0.323 e. The molecule has 0 radical (unpaired) electrons. The van der Waals surface area contributed by atoms with Crippen molar-refractivity contribution in [2.45, 2.75) is 64.6 Å². The zero-order chi connectivity index (χ0) is 22.9. The van der Waals surface area contributed by atoms with Crippen LogP contribution in [0, 0.1) is 13.8 Å². The van der Waals surface area contributed by atoms with Crippen LogP contribution in [0.15, 0.2) is 30.3 Å². The molecule has 1 saturated carbocycles. The number of anilines is 2. The molecule has 0 unspecified atom stereocenters. The predicted molar refractivity (Wildman–Crippen MR) is 126 cm³/mol. The Morgan fingerprint density at radius 2 is 1.91 bits per heavy atom. The zero-order valence-corrected chi connectivity index (χ0v) is 19.1. The van der Waals surface area contributed by atoms with E-state index in [-0.39, 0.29) is 11.9 Å². The summed E-state index contributed by atoms with van der Waals surface area (Å²) in [5.41, 5.74) is 10.5. The van der Waals surface area contributed by atoms with Crippen molar-refractivity contribution in [3.63, 3.8) is 0 Å². The minimum absolute atomic E-state index is 0.141. The fraction of sp³-hybridized carbons (Fsp3) is 0.440. The summed E-state index contributed by atoms with van der Waals surface area (Å²) in [6.45, 7) is 4.81. The Kier molecular flexibility index (Phi) is 6.11. The van der Waals surface area contributed by atoms with Gasteiger partial charge in [0.15, 0.2) is 0 Å². The maximum absolute atomic E-state index is 13.7. The highest BCUT2D eigenvalue weighted by atomic mass is 16.5. The highest BCUT2D eigenvalue weighted by Gasteiger charge is 2.48. The highest BCUT2D eigenvalue weighted by Crippen LogP contribution is 2.40. The van der Waals surface area contributed by atoms with Gasteiger partial charge in [0.1, 0.15) is 11.3 Å². The Balaban J connectivity index is 1.67. The van der Waals surface area contributed by atoms with Crippen LogP contribution in [0.1, 0.15) is 54.4 Å². The monoisotopic (exact) mass is 436 g/mol. The fourth-order valence-corrected chi connectivity index (χ4v) is 4.99. The van der Waals surface area contributed by atoms with Gasteiger partial charge in [0.05, 0.1) is 13.7 Å². The Hall–Kier alpha value is -3.06. The first-order chi connectivity index (χ1) is 15.4. The fourth-order valence-electron chi connectivity index (χ4n) is 4.99. The van der Waals surface area contributed by atoms with Gasteiger partial charge < -0.3 is 26.0 Å². The topological polar surface area (TPSA) is 96.7 Å². The normalized spacial score (nSPS) is 17.4. The Morgan fingerprint density at radius 1 is 1.16 bits per heavy atom. The van der Waals surface area contributed by atoms with E-state index >= 15 is 0 Å². The lowest BCUT2D eigenvalue weighted by Gasteiger charge is -2.47. The van der Waals surface area contributed by atoms with E-state index in [1.54, 1.807) is 12.0 Å². The summed E-state index contributed by atoms with van der Waals surface area (Å²) < 4.78 is 5.41. The van der Waals surface area contributed by atoms with E-state index in [9.17, 15) is 9.59 Å². The minimum Gasteiger partial charge on any atom is -0.496 e. The number of benzene rings is 2. The van der Waals surface area contributed by atoms with Gasteiger partial charge in [-0.05, 0) is 61.1 Å². The summed E-state index contributed by atoms with van der Waals surface area (Å²) in [5.74, 6) is 0.578. The van der Waals surface area contributed by atoms with Crippen LogP contribution < -0.4 is 21.1 Å². The number of hydrogen-bond acceptors (Lipinski definition) is 4. The molecule has 0 bridgehead atoms. The molecule has 1 fully saturated rings. The molecule has 0 saturated heterocycles. The Morgan fingerprint density at radius 3 is 2.59 bits per heavy atom. The van der Waals surface area contributed by atoms with Crippen LogP contribution in [-0.4, -0.2) is 29.5 Å². The van der Waals surface area contributed by atoms with Crippen molar-refractivity contribution in [1.82, 2.24) is 4.90 Å². The maximum Gasteiger partial charge on any atom is 0.323 e. The van der Waals surface area contributed by atoms with Gasteiger partial charge in [-0.1, -0.05) is 31.4 Å². The van der Waals surface area contributed by atoms with E-state index in [1.165, 1.54) is 0 Å². The van der Waals surface area contributed by atoms with Crippen LogP contribution >= 0.6 is 0 Å². The van der Waals surface area contributed by atoms with Crippen LogP contribution in [0.2, 0.25) is 0 Å². The summed E-state index contributed by atoms with van der Waals surface area (Å²) in [5, 5.41) is 6.10. The van der Waals surface area contributed by atoms with Crippen molar-refractivity contribution in [3.8, 4) is 5.75 Å². The average molecular weight is 437 g/mol. The third-order valence-electron chi connectivity index (χ3n) is 6.86. The first-order valence-corrected chi connectivity index (χ1v) is 11.2. The van der Waals surface area contributed by atoms with Crippen LogP contribution in [0.3, 0.4) is 0 Å². The van der Waals surface area contributed by atoms with E-state index in [0.717, 1.165) is 53.0 Å². The third kappa shape index (κ3) is 3.93. The lowest BCUT2D eigenvalue weighted by atomic mass is 9.78. The van der Waals surface area contributed by atoms with Crippen LogP contribution in [0.5, 0.6) is 5.75 Å². The largest absolute Gasteiger partial charge is 0.496 e. The summed E-state index contributed by atoms with van der Waals surface area (Å²) in [6, 6.07) is 9.38. The molecule has 7 heteroatoms. The van der Waals surface area contributed by atoms with Crippen LogP contribution in [0.4, 0.5) is 16.2 Å². The number of fused-ring (bicyclic) bond motifs is 1. The average Bonchev–Trinajstić information content (AvgIpc) is 2.80. The molecule has 3 amide bonds. The Labute approximate surface area is 189 Å². The molecule has 2 aromatic rings. The van der Waals surface area contributed by atoms with Crippen molar-refractivity contribution >= 4 is 23.3 Å². The van der Waals surface area contributed by atoms with E-state index in [1.807, 2.05) is 38.1 Å². The molecule has 4 N–H and O–H groups in total. The van der Waals surface area contributed by atoms with Gasteiger partial charge in [-0.3, -0.25) is 4.79 Å². The van der Waals surface area contributed by atoms with Gasteiger partial charge in [-0.2, -0.15) is 0 Å². The molecular formula is C25H32N4O3. The van der Waals surface area contributed by atoms with Gasteiger partial charge in [0, 0.05) is 24.0 Å². The molecule has 4 rings (SSSR count). The number of hydrogen-bond donors (Lipinski definition) is 3. The van der Waals surface area contributed by atoms with E-state index < -0.39 is 5.54 Å².